The van der Waals surface area contributed by atoms with Gasteiger partial charge < -0.3 is 16.6 Å². The normalized spacial score (nSPS) is 11.2. The van der Waals surface area contributed by atoms with Gasteiger partial charge in [0.15, 0.2) is 0 Å². The van der Waals surface area contributed by atoms with Crippen LogP contribution in [0.15, 0.2) is 47.4 Å². The lowest BCUT2D eigenvalue weighted by Crippen LogP contribution is -2.13. The number of rotatable bonds is 3. The van der Waals surface area contributed by atoms with Gasteiger partial charge in [-0.2, -0.15) is 0 Å². The van der Waals surface area contributed by atoms with Crippen molar-refractivity contribution in [3.05, 3.63) is 42.5 Å². The highest BCUT2D eigenvalue weighted by Crippen LogP contribution is 2.25. The van der Waals surface area contributed by atoms with Crippen molar-refractivity contribution in [1.82, 2.24) is 0 Å². The minimum Gasteiger partial charge on any atom is -0.506 e. The summed E-state index contributed by atoms with van der Waals surface area (Å²) in [6.45, 7) is 0. The third-order valence-corrected chi connectivity index (χ3v) is 3.85. The maximum Gasteiger partial charge on any atom is 0.262 e. The molecule has 0 saturated carbocycles. The van der Waals surface area contributed by atoms with E-state index in [0.29, 0.717) is 11.4 Å². The molecule has 0 fully saturated rings. The van der Waals surface area contributed by atoms with Gasteiger partial charge in [-0.05, 0) is 36.4 Å². The number of nitrogen functional groups attached to an aromatic ring is 2. The predicted molar refractivity (Wildman–Crippen MR) is 74.2 cm³/mol. The van der Waals surface area contributed by atoms with Crippen LogP contribution in [0.2, 0.25) is 0 Å². The summed E-state index contributed by atoms with van der Waals surface area (Å²) in [5.41, 5.74) is 12.0. The Bertz CT molecular complexity index is 697. The largest absolute Gasteiger partial charge is 0.506 e. The first-order valence-corrected chi connectivity index (χ1v) is 6.84. The molecule has 0 heterocycles. The van der Waals surface area contributed by atoms with Gasteiger partial charge in [0.2, 0.25) is 0 Å². The molecular formula is C12H13N3O3S. The van der Waals surface area contributed by atoms with Crippen LogP contribution in [0.5, 0.6) is 5.75 Å². The lowest BCUT2D eigenvalue weighted by Gasteiger charge is -2.09. The van der Waals surface area contributed by atoms with Gasteiger partial charge in [0.05, 0.1) is 10.6 Å². The van der Waals surface area contributed by atoms with E-state index < -0.39 is 10.0 Å². The molecule has 7 heteroatoms. The lowest BCUT2D eigenvalue weighted by molar-refractivity contribution is 0.476. The minimum atomic E-state index is -3.77. The summed E-state index contributed by atoms with van der Waals surface area (Å²) in [6, 6.07) is 9.99. The molecule has 19 heavy (non-hydrogen) atoms. The highest BCUT2D eigenvalue weighted by Gasteiger charge is 2.15. The fraction of sp³-hybridized carbons (Fsp3) is 0. The zero-order valence-corrected chi connectivity index (χ0v) is 10.7. The van der Waals surface area contributed by atoms with Crippen molar-refractivity contribution in [2.45, 2.75) is 4.90 Å². The Morgan fingerprint density at radius 2 is 1.63 bits per heavy atom. The maximum atomic E-state index is 12.1. The van der Waals surface area contributed by atoms with Crippen LogP contribution in [-0.2, 0) is 10.0 Å². The van der Waals surface area contributed by atoms with Crippen molar-refractivity contribution in [2.24, 2.45) is 0 Å². The van der Waals surface area contributed by atoms with Gasteiger partial charge >= 0.3 is 0 Å². The van der Waals surface area contributed by atoms with E-state index in [1.807, 2.05) is 0 Å². The number of nitrogens with two attached hydrogens (primary N) is 2. The first kappa shape index (κ1) is 13.0. The molecule has 0 aliphatic heterocycles. The van der Waals surface area contributed by atoms with Crippen molar-refractivity contribution >= 4 is 27.1 Å². The fourth-order valence-electron chi connectivity index (χ4n) is 1.46. The van der Waals surface area contributed by atoms with Gasteiger partial charge in [-0.15, -0.1) is 0 Å². The number of benzene rings is 2. The molecule has 0 amide bonds. The van der Waals surface area contributed by atoms with Gasteiger partial charge in [-0.25, -0.2) is 8.42 Å². The van der Waals surface area contributed by atoms with Crippen LogP contribution in [0.4, 0.5) is 17.1 Å². The van der Waals surface area contributed by atoms with E-state index in [4.69, 9.17) is 11.5 Å². The molecule has 0 radical (unpaired) electrons. The van der Waals surface area contributed by atoms with Crippen LogP contribution in [0, 0.1) is 0 Å². The zero-order valence-electron chi connectivity index (χ0n) is 9.87. The standard InChI is InChI=1S/C12H13N3O3S/c13-8-1-3-9(4-2-8)15-19(17,18)10-5-6-11(14)12(16)7-10/h1-7,15-16H,13-14H2. The average molecular weight is 279 g/mol. The molecule has 0 spiro atoms. The molecule has 0 atom stereocenters. The minimum absolute atomic E-state index is 0.0731. The number of hydrogen-bond acceptors (Lipinski definition) is 5. The molecule has 0 aromatic heterocycles. The third-order valence-electron chi connectivity index (χ3n) is 2.48. The first-order chi connectivity index (χ1) is 8.88. The van der Waals surface area contributed by atoms with Crippen LogP contribution >= 0.6 is 0 Å². The average Bonchev–Trinajstić information content (AvgIpc) is 2.35. The van der Waals surface area contributed by atoms with Crippen molar-refractivity contribution in [3.8, 4) is 5.75 Å². The lowest BCUT2D eigenvalue weighted by atomic mass is 10.3. The molecule has 2 rings (SSSR count). The van der Waals surface area contributed by atoms with Crippen molar-refractivity contribution in [2.75, 3.05) is 16.2 Å². The quantitative estimate of drug-likeness (QED) is 0.499. The van der Waals surface area contributed by atoms with Crippen molar-refractivity contribution < 1.29 is 13.5 Å². The summed E-state index contributed by atoms with van der Waals surface area (Å²) in [5.74, 6) is -0.278. The SMILES string of the molecule is Nc1ccc(NS(=O)(=O)c2ccc(N)c(O)c2)cc1. The molecule has 0 aliphatic carbocycles. The number of nitrogens with one attached hydrogen (secondary N) is 1. The second-order valence-corrected chi connectivity index (χ2v) is 5.63. The molecular weight excluding hydrogens is 266 g/mol. The molecule has 6 N–H and O–H groups in total. The monoisotopic (exact) mass is 279 g/mol. The molecule has 0 saturated heterocycles. The number of phenolic OH excluding ortho intramolecular Hbond substituents is 1. The topological polar surface area (TPSA) is 118 Å². The van der Waals surface area contributed by atoms with Gasteiger partial charge in [0.25, 0.3) is 10.0 Å². The summed E-state index contributed by atoms with van der Waals surface area (Å²) < 4.78 is 26.5. The summed E-state index contributed by atoms with van der Waals surface area (Å²) in [5, 5.41) is 9.43. The summed E-state index contributed by atoms with van der Waals surface area (Å²) >= 11 is 0. The molecule has 6 nitrogen and oxygen atoms in total. The van der Waals surface area contributed by atoms with E-state index in [1.165, 1.54) is 12.1 Å². The van der Waals surface area contributed by atoms with Crippen LogP contribution < -0.4 is 16.2 Å². The van der Waals surface area contributed by atoms with Gasteiger partial charge in [0, 0.05) is 17.4 Å². The second kappa shape index (κ2) is 4.69. The van der Waals surface area contributed by atoms with Gasteiger partial charge in [-0.3, -0.25) is 4.72 Å². The van der Waals surface area contributed by atoms with E-state index in [0.717, 1.165) is 6.07 Å². The fourth-order valence-corrected chi connectivity index (χ4v) is 2.53. The Kier molecular flexibility index (Phi) is 3.22. The molecule has 0 bridgehead atoms. The number of sulfonamides is 1. The van der Waals surface area contributed by atoms with E-state index in [2.05, 4.69) is 4.72 Å². The number of aromatic hydroxyl groups is 1. The molecule has 2 aromatic rings. The maximum absolute atomic E-state index is 12.1. The smallest absolute Gasteiger partial charge is 0.262 e. The molecule has 0 aliphatic rings. The molecule has 2 aromatic carbocycles. The zero-order chi connectivity index (χ0) is 14.0. The Hall–Kier alpha value is -2.41. The highest BCUT2D eigenvalue weighted by atomic mass is 32.2. The summed E-state index contributed by atoms with van der Waals surface area (Å²) in [6.07, 6.45) is 0. The van der Waals surface area contributed by atoms with Crippen molar-refractivity contribution in [3.63, 3.8) is 0 Å². The van der Waals surface area contributed by atoms with E-state index in [1.54, 1.807) is 24.3 Å². The van der Waals surface area contributed by atoms with Crippen LogP contribution in [0.25, 0.3) is 0 Å². The number of anilines is 3. The van der Waals surface area contributed by atoms with E-state index in [9.17, 15) is 13.5 Å². The highest BCUT2D eigenvalue weighted by molar-refractivity contribution is 7.92. The summed E-state index contributed by atoms with van der Waals surface area (Å²) in [4.78, 5) is -0.0731. The first-order valence-electron chi connectivity index (χ1n) is 5.35. The Balaban J connectivity index is 2.32. The molecule has 100 valence electrons. The summed E-state index contributed by atoms with van der Waals surface area (Å²) in [7, 11) is -3.77. The Morgan fingerprint density at radius 3 is 2.21 bits per heavy atom. The van der Waals surface area contributed by atoms with E-state index >= 15 is 0 Å². The van der Waals surface area contributed by atoms with Crippen LogP contribution in [-0.4, -0.2) is 13.5 Å². The van der Waals surface area contributed by atoms with Crippen molar-refractivity contribution in [1.29, 1.82) is 0 Å². The van der Waals surface area contributed by atoms with Crippen LogP contribution in [0.1, 0.15) is 0 Å². The third kappa shape index (κ3) is 2.89. The number of hydrogen-bond donors (Lipinski definition) is 4. The Labute approximate surface area is 110 Å². The number of phenols is 1. The van der Waals surface area contributed by atoms with Gasteiger partial charge in [-0.1, -0.05) is 0 Å². The molecule has 0 unspecified atom stereocenters. The van der Waals surface area contributed by atoms with E-state index in [-0.39, 0.29) is 16.3 Å². The Morgan fingerprint density at radius 1 is 1.00 bits per heavy atom. The second-order valence-electron chi connectivity index (χ2n) is 3.95. The van der Waals surface area contributed by atoms with Gasteiger partial charge in [0.1, 0.15) is 5.75 Å². The van der Waals surface area contributed by atoms with Crippen LogP contribution in [0.3, 0.4) is 0 Å². The predicted octanol–water partition coefficient (Wildman–Crippen LogP) is 1.36.